The van der Waals surface area contributed by atoms with Crippen molar-refractivity contribution in [3.8, 4) is 0 Å². The van der Waals surface area contributed by atoms with Gasteiger partial charge in [-0.3, -0.25) is 9.59 Å². The highest BCUT2D eigenvalue weighted by Crippen LogP contribution is 2.43. The fraction of sp³-hybridized carbons (Fsp3) is 0.882. The Labute approximate surface area is 133 Å². The summed E-state index contributed by atoms with van der Waals surface area (Å²) in [4.78, 5) is 27.7. The third kappa shape index (κ3) is 3.30. The van der Waals surface area contributed by atoms with Crippen molar-refractivity contribution >= 4 is 23.5 Å². The average Bonchev–Trinajstić information content (AvgIpc) is 2.73. The number of hydrogen-bond acceptors (Lipinski definition) is 3. The van der Waals surface area contributed by atoms with Gasteiger partial charge >= 0.3 is 0 Å². The molecule has 2 aliphatic rings. The lowest BCUT2D eigenvalue weighted by molar-refractivity contribution is -0.147. The van der Waals surface area contributed by atoms with E-state index in [0.717, 1.165) is 24.5 Å². The number of carbonyl (C=O) groups excluding carboxylic acids is 2. The first-order valence-electron chi connectivity index (χ1n) is 7.96. The molecule has 2 saturated heterocycles. The molecular formula is C17H29NO2S. The van der Waals surface area contributed by atoms with Crippen molar-refractivity contribution in [3.63, 3.8) is 0 Å². The van der Waals surface area contributed by atoms with Crippen molar-refractivity contribution < 1.29 is 9.59 Å². The topological polar surface area (TPSA) is 37.4 Å². The van der Waals surface area contributed by atoms with Crippen molar-refractivity contribution in [2.24, 2.45) is 22.7 Å². The first-order chi connectivity index (χ1) is 9.53. The molecule has 0 bridgehead atoms. The molecule has 0 spiro atoms. The van der Waals surface area contributed by atoms with Gasteiger partial charge in [-0.1, -0.05) is 41.5 Å². The van der Waals surface area contributed by atoms with Crippen LogP contribution < -0.4 is 0 Å². The molecule has 0 aliphatic carbocycles. The van der Waals surface area contributed by atoms with Gasteiger partial charge in [0, 0.05) is 23.3 Å². The zero-order chi connectivity index (χ0) is 16.0. The molecule has 0 N–H and O–H groups in total. The van der Waals surface area contributed by atoms with Gasteiger partial charge in [-0.25, -0.2) is 0 Å². The summed E-state index contributed by atoms with van der Waals surface area (Å²) in [7, 11) is 0. The van der Waals surface area contributed by atoms with E-state index in [1.54, 1.807) is 0 Å². The van der Waals surface area contributed by atoms with Crippen LogP contribution in [-0.4, -0.2) is 40.7 Å². The van der Waals surface area contributed by atoms with E-state index in [0.29, 0.717) is 11.8 Å². The van der Waals surface area contributed by atoms with Gasteiger partial charge in [-0.05, 0) is 23.8 Å². The molecule has 1 amide bonds. The molecule has 21 heavy (non-hydrogen) atoms. The fourth-order valence-corrected chi connectivity index (χ4v) is 4.76. The Balaban J connectivity index is 2.33. The van der Waals surface area contributed by atoms with Gasteiger partial charge in [0.05, 0.1) is 6.04 Å². The fourth-order valence-electron chi connectivity index (χ4n) is 3.40. The number of hydrogen-bond donors (Lipinski definition) is 0. The number of Topliss-reactive ketones (excluding diaryl/α,β-unsaturated/α-hetero) is 1. The van der Waals surface area contributed by atoms with Crippen LogP contribution in [0.3, 0.4) is 0 Å². The van der Waals surface area contributed by atoms with E-state index >= 15 is 0 Å². The van der Waals surface area contributed by atoms with E-state index in [1.807, 2.05) is 58.2 Å². The maximum absolute atomic E-state index is 13.0. The van der Waals surface area contributed by atoms with E-state index in [4.69, 9.17) is 0 Å². The Morgan fingerprint density at radius 2 is 1.67 bits per heavy atom. The summed E-state index contributed by atoms with van der Waals surface area (Å²) in [5.74, 6) is 3.40. The second-order valence-electron chi connectivity index (χ2n) is 8.55. The first-order valence-corrected chi connectivity index (χ1v) is 9.12. The van der Waals surface area contributed by atoms with E-state index < -0.39 is 10.8 Å². The summed E-state index contributed by atoms with van der Waals surface area (Å²) in [5, 5.41) is 0. The lowest BCUT2D eigenvalue weighted by Crippen LogP contribution is -2.51. The highest BCUT2D eigenvalue weighted by Gasteiger charge is 2.51. The van der Waals surface area contributed by atoms with Crippen molar-refractivity contribution in [2.75, 3.05) is 18.1 Å². The van der Waals surface area contributed by atoms with Gasteiger partial charge in [-0.15, -0.1) is 0 Å². The van der Waals surface area contributed by atoms with Gasteiger partial charge in [0.2, 0.25) is 5.91 Å². The van der Waals surface area contributed by atoms with Crippen LogP contribution in [0.25, 0.3) is 0 Å². The molecule has 0 saturated carbocycles. The number of fused-ring (bicyclic) bond motifs is 1. The number of likely N-dealkylation sites (tertiary alicyclic amines) is 1. The summed E-state index contributed by atoms with van der Waals surface area (Å²) < 4.78 is 0. The number of nitrogens with zero attached hydrogens (tertiary/aromatic N) is 1. The maximum atomic E-state index is 13.0. The second kappa shape index (κ2) is 5.60. The highest BCUT2D eigenvalue weighted by atomic mass is 32.2. The predicted octanol–water partition coefficient (Wildman–Crippen LogP) is 3.23. The molecule has 0 radical (unpaired) electrons. The predicted molar refractivity (Wildman–Crippen MR) is 88.3 cm³/mol. The minimum Gasteiger partial charge on any atom is -0.332 e. The van der Waals surface area contributed by atoms with Crippen molar-refractivity contribution in [1.82, 2.24) is 4.90 Å². The number of carbonyl (C=O) groups is 2. The summed E-state index contributed by atoms with van der Waals surface area (Å²) in [6, 6.07) is -0.213. The number of thioether (sulfide) groups is 1. The van der Waals surface area contributed by atoms with Crippen LogP contribution >= 0.6 is 11.8 Å². The summed E-state index contributed by atoms with van der Waals surface area (Å²) in [5.41, 5.74) is -0.810. The molecule has 0 aromatic heterocycles. The standard InChI is InChI=1S/C17H29NO2S/c1-16(2,3)14(19)13-12-10-21-8-7-11(12)9-18(13)15(20)17(4,5)6/h11-13H,7-10H2,1-6H3. The van der Waals surface area contributed by atoms with Crippen LogP contribution in [-0.2, 0) is 9.59 Å². The minimum atomic E-state index is -0.420. The molecule has 2 heterocycles. The SMILES string of the molecule is CC(C)(C)C(=O)C1C2CSCCC2CN1C(=O)C(C)(C)C. The molecule has 0 aromatic carbocycles. The number of rotatable bonds is 1. The van der Waals surface area contributed by atoms with Crippen LogP contribution in [0.2, 0.25) is 0 Å². The van der Waals surface area contributed by atoms with E-state index in [1.165, 1.54) is 0 Å². The Hall–Kier alpha value is -0.510. The van der Waals surface area contributed by atoms with Crippen LogP contribution in [0.5, 0.6) is 0 Å². The highest BCUT2D eigenvalue weighted by molar-refractivity contribution is 7.99. The molecule has 0 aromatic rings. The number of amides is 1. The molecular weight excluding hydrogens is 282 g/mol. The molecule has 3 atom stereocenters. The van der Waals surface area contributed by atoms with Crippen LogP contribution in [0, 0.1) is 22.7 Å². The van der Waals surface area contributed by atoms with E-state index in [9.17, 15) is 9.59 Å². The Morgan fingerprint density at radius 1 is 1.05 bits per heavy atom. The van der Waals surface area contributed by atoms with Crippen LogP contribution in [0.1, 0.15) is 48.0 Å². The zero-order valence-electron chi connectivity index (χ0n) is 14.2. The Kier molecular flexibility index (Phi) is 4.50. The van der Waals surface area contributed by atoms with Crippen LogP contribution in [0.4, 0.5) is 0 Å². The first kappa shape index (κ1) is 16.9. The molecule has 3 nitrogen and oxygen atoms in total. The van der Waals surface area contributed by atoms with Gasteiger partial charge in [0.25, 0.3) is 0 Å². The Morgan fingerprint density at radius 3 is 2.19 bits per heavy atom. The second-order valence-corrected chi connectivity index (χ2v) is 9.70. The smallest absolute Gasteiger partial charge is 0.228 e. The van der Waals surface area contributed by atoms with Crippen molar-refractivity contribution in [1.29, 1.82) is 0 Å². The maximum Gasteiger partial charge on any atom is 0.228 e. The van der Waals surface area contributed by atoms with Crippen molar-refractivity contribution in [3.05, 3.63) is 0 Å². The molecule has 120 valence electrons. The van der Waals surface area contributed by atoms with E-state index in [-0.39, 0.29) is 17.7 Å². The number of ketones is 1. The van der Waals surface area contributed by atoms with Gasteiger partial charge < -0.3 is 4.90 Å². The molecule has 2 rings (SSSR count). The lowest BCUT2D eigenvalue weighted by atomic mass is 9.79. The van der Waals surface area contributed by atoms with Crippen LogP contribution in [0.15, 0.2) is 0 Å². The van der Waals surface area contributed by atoms with Gasteiger partial charge in [-0.2, -0.15) is 11.8 Å². The molecule has 3 unspecified atom stereocenters. The summed E-state index contributed by atoms with van der Waals surface area (Å²) >= 11 is 1.93. The van der Waals surface area contributed by atoms with Crippen molar-refractivity contribution in [2.45, 2.75) is 54.0 Å². The minimum absolute atomic E-state index is 0.129. The third-order valence-electron chi connectivity index (χ3n) is 4.63. The quantitative estimate of drug-likeness (QED) is 0.746. The molecule has 4 heteroatoms. The summed E-state index contributed by atoms with van der Waals surface area (Å²) in [6.07, 6.45) is 1.14. The lowest BCUT2D eigenvalue weighted by Gasteiger charge is -2.35. The molecule has 2 fully saturated rings. The van der Waals surface area contributed by atoms with E-state index in [2.05, 4.69) is 0 Å². The van der Waals surface area contributed by atoms with Gasteiger partial charge in [0.1, 0.15) is 0 Å². The summed E-state index contributed by atoms with van der Waals surface area (Å²) in [6.45, 7) is 12.5. The average molecular weight is 311 g/mol. The zero-order valence-corrected chi connectivity index (χ0v) is 15.0. The Bertz CT molecular complexity index is 433. The third-order valence-corrected chi connectivity index (χ3v) is 5.78. The normalized spacial score (nSPS) is 30.2. The monoisotopic (exact) mass is 311 g/mol. The van der Waals surface area contributed by atoms with Gasteiger partial charge in [0.15, 0.2) is 5.78 Å². The molecule has 2 aliphatic heterocycles. The largest absolute Gasteiger partial charge is 0.332 e.